The number of hydrogen-bond donors (Lipinski definition) is 1. The standard InChI is InChI=1S/C30H29BrN4O2/c1-2-3-19-33(30(37)32-24-17-15-23(31)16-18-24)21-28(36)35-26-13-8-7-12-25(26)34-20-9-14-27(34)29(35)22-10-5-4-6-11-22/h4-18,20,29H,2-3,19,21H2,1H3,(H,32,37). The van der Waals surface area contributed by atoms with Gasteiger partial charge in [0.2, 0.25) is 5.91 Å². The van der Waals surface area contributed by atoms with Crippen LogP contribution in [0.25, 0.3) is 5.69 Å². The maximum absolute atomic E-state index is 14.1. The first-order valence-electron chi connectivity index (χ1n) is 12.5. The number of nitrogens with zero attached hydrogens (tertiary/aromatic N) is 3. The number of carbonyl (C=O) groups excluding carboxylic acids is 2. The molecule has 4 aromatic rings. The lowest BCUT2D eigenvalue weighted by atomic mass is 9.97. The molecule has 1 atom stereocenters. The lowest BCUT2D eigenvalue weighted by Gasteiger charge is -2.39. The van der Waals surface area contributed by atoms with E-state index in [4.69, 9.17) is 0 Å². The Hall–Kier alpha value is -3.84. The van der Waals surface area contributed by atoms with E-state index in [-0.39, 0.29) is 24.5 Å². The summed E-state index contributed by atoms with van der Waals surface area (Å²) in [5, 5.41) is 2.95. The molecule has 5 rings (SSSR count). The zero-order chi connectivity index (χ0) is 25.8. The number of aromatic nitrogens is 1. The second kappa shape index (κ2) is 11.0. The van der Waals surface area contributed by atoms with E-state index >= 15 is 0 Å². The predicted molar refractivity (Wildman–Crippen MR) is 151 cm³/mol. The summed E-state index contributed by atoms with van der Waals surface area (Å²) in [5.74, 6) is -0.129. The molecule has 188 valence electrons. The van der Waals surface area contributed by atoms with Crippen LogP contribution in [0.2, 0.25) is 0 Å². The maximum atomic E-state index is 14.1. The summed E-state index contributed by atoms with van der Waals surface area (Å²) in [5.41, 5.74) is 4.49. The van der Waals surface area contributed by atoms with Crippen molar-refractivity contribution in [2.45, 2.75) is 25.8 Å². The Morgan fingerprint density at radius 2 is 1.59 bits per heavy atom. The van der Waals surface area contributed by atoms with E-state index in [1.54, 1.807) is 4.90 Å². The van der Waals surface area contributed by atoms with Crippen molar-refractivity contribution in [3.63, 3.8) is 0 Å². The first-order valence-corrected chi connectivity index (χ1v) is 13.3. The van der Waals surface area contributed by atoms with Crippen molar-refractivity contribution in [1.29, 1.82) is 0 Å². The number of rotatable bonds is 7. The van der Waals surface area contributed by atoms with Crippen molar-refractivity contribution in [3.8, 4) is 5.69 Å². The molecule has 3 amide bonds. The Morgan fingerprint density at radius 3 is 2.32 bits per heavy atom. The van der Waals surface area contributed by atoms with Gasteiger partial charge in [0, 0.05) is 22.9 Å². The zero-order valence-corrected chi connectivity index (χ0v) is 22.3. The van der Waals surface area contributed by atoms with E-state index in [9.17, 15) is 9.59 Å². The van der Waals surface area contributed by atoms with Crippen LogP contribution >= 0.6 is 15.9 Å². The van der Waals surface area contributed by atoms with Gasteiger partial charge < -0.3 is 14.8 Å². The number of nitrogens with one attached hydrogen (secondary N) is 1. The molecule has 7 heteroatoms. The maximum Gasteiger partial charge on any atom is 0.322 e. The van der Waals surface area contributed by atoms with Crippen LogP contribution in [0.3, 0.4) is 0 Å². The van der Waals surface area contributed by atoms with Gasteiger partial charge in [-0.2, -0.15) is 0 Å². The third-order valence-electron chi connectivity index (χ3n) is 6.59. The van der Waals surface area contributed by atoms with Gasteiger partial charge in [-0.1, -0.05) is 71.7 Å². The third kappa shape index (κ3) is 5.18. The second-order valence-electron chi connectivity index (χ2n) is 9.08. The number of amides is 3. The van der Waals surface area contributed by atoms with Crippen LogP contribution < -0.4 is 10.2 Å². The average Bonchev–Trinajstić information content (AvgIpc) is 3.42. The molecule has 6 nitrogen and oxygen atoms in total. The predicted octanol–water partition coefficient (Wildman–Crippen LogP) is 7.01. The fourth-order valence-electron chi connectivity index (χ4n) is 4.79. The number of halogens is 1. The summed E-state index contributed by atoms with van der Waals surface area (Å²) >= 11 is 3.42. The van der Waals surface area contributed by atoms with Gasteiger partial charge in [-0.05, 0) is 60.5 Å². The first kappa shape index (κ1) is 24.8. The fraction of sp³-hybridized carbons (Fsp3) is 0.200. The van der Waals surface area contributed by atoms with Crippen LogP contribution in [-0.4, -0.2) is 34.5 Å². The molecular formula is C30H29BrN4O2. The van der Waals surface area contributed by atoms with Crippen LogP contribution in [0, 0.1) is 0 Å². The molecule has 0 aliphatic carbocycles. The van der Waals surface area contributed by atoms with E-state index in [0.717, 1.165) is 39.9 Å². The molecule has 0 saturated heterocycles. The summed E-state index contributed by atoms with van der Waals surface area (Å²) in [6.45, 7) is 2.54. The minimum Gasteiger partial charge on any atom is -0.316 e. The van der Waals surface area contributed by atoms with Crippen LogP contribution in [0.15, 0.2) is 102 Å². The van der Waals surface area contributed by atoms with Gasteiger partial charge in [0.25, 0.3) is 0 Å². The summed E-state index contributed by atoms with van der Waals surface area (Å²) in [4.78, 5) is 30.9. The lowest BCUT2D eigenvalue weighted by molar-refractivity contribution is -0.119. The molecule has 0 saturated carbocycles. The number of benzene rings is 3. The molecule has 1 aromatic heterocycles. The summed E-state index contributed by atoms with van der Waals surface area (Å²) in [6, 6.07) is 28.9. The minimum atomic E-state index is -0.304. The topological polar surface area (TPSA) is 57.6 Å². The molecule has 0 spiro atoms. The van der Waals surface area contributed by atoms with E-state index < -0.39 is 0 Å². The molecule has 1 aliphatic heterocycles. The van der Waals surface area contributed by atoms with Crippen molar-refractivity contribution in [3.05, 3.63) is 113 Å². The van der Waals surface area contributed by atoms with Crippen molar-refractivity contribution in [2.75, 3.05) is 23.3 Å². The van der Waals surface area contributed by atoms with Gasteiger partial charge in [-0.15, -0.1) is 0 Å². The zero-order valence-electron chi connectivity index (χ0n) is 20.7. The van der Waals surface area contributed by atoms with Crippen molar-refractivity contribution in [2.24, 2.45) is 0 Å². The smallest absolute Gasteiger partial charge is 0.316 e. The van der Waals surface area contributed by atoms with Gasteiger partial charge >= 0.3 is 6.03 Å². The Kier molecular flexibility index (Phi) is 7.42. The summed E-state index contributed by atoms with van der Waals surface area (Å²) < 4.78 is 3.08. The Bertz CT molecular complexity index is 1380. The molecule has 0 fully saturated rings. The monoisotopic (exact) mass is 556 g/mol. The highest BCUT2D eigenvalue weighted by Gasteiger charge is 2.36. The van der Waals surface area contributed by atoms with E-state index in [0.29, 0.717) is 12.2 Å². The van der Waals surface area contributed by atoms with Gasteiger partial charge in [-0.3, -0.25) is 9.69 Å². The molecule has 1 aliphatic rings. The minimum absolute atomic E-state index is 0.0270. The molecule has 1 N–H and O–H groups in total. The molecule has 0 radical (unpaired) electrons. The highest BCUT2D eigenvalue weighted by Crippen LogP contribution is 2.42. The number of hydrogen-bond acceptors (Lipinski definition) is 2. The van der Waals surface area contributed by atoms with Crippen molar-refractivity contribution >= 4 is 39.2 Å². The molecule has 37 heavy (non-hydrogen) atoms. The number of unbranched alkanes of at least 4 members (excludes halogenated alkanes) is 1. The van der Waals surface area contributed by atoms with Gasteiger partial charge in [0.1, 0.15) is 12.6 Å². The van der Waals surface area contributed by atoms with Gasteiger partial charge in [0.15, 0.2) is 0 Å². The summed E-state index contributed by atoms with van der Waals surface area (Å²) in [7, 11) is 0. The van der Waals surface area contributed by atoms with Crippen molar-refractivity contribution < 1.29 is 9.59 Å². The fourth-order valence-corrected chi connectivity index (χ4v) is 5.05. The second-order valence-corrected chi connectivity index (χ2v) is 10.00. The summed E-state index contributed by atoms with van der Waals surface area (Å²) in [6.07, 6.45) is 3.76. The van der Waals surface area contributed by atoms with E-state index in [1.807, 2.05) is 96.0 Å². The first-order chi connectivity index (χ1) is 18.1. The Labute approximate surface area is 225 Å². The van der Waals surface area contributed by atoms with E-state index in [2.05, 4.69) is 38.8 Å². The highest BCUT2D eigenvalue weighted by atomic mass is 79.9. The van der Waals surface area contributed by atoms with Crippen molar-refractivity contribution in [1.82, 2.24) is 9.47 Å². The quantitative estimate of drug-likeness (QED) is 0.266. The van der Waals surface area contributed by atoms with Crippen LogP contribution in [0.1, 0.15) is 37.1 Å². The highest BCUT2D eigenvalue weighted by molar-refractivity contribution is 9.10. The normalized spacial score (nSPS) is 14.0. The molecule has 0 bridgehead atoms. The van der Waals surface area contributed by atoms with Crippen LogP contribution in [0.4, 0.5) is 16.2 Å². The number of carbonyl (C=O) groups is 2. The van der Waals surface area contributed by atoms with Crippen LogP contribution in [-0.2, 0) is 4.79 Å². The number of urea groups is 1. The largest absolute Gasteiger partial charge is 0.322 e. The third-order valence-corrected chi connectivity index (χ3v) is 7.12. The molecule has 2 heterocycles. The van der Waals surface area contributed by atoms with Gasteiger partial charge in [-0.25, -0.2) is 4.79 Å². The number of anilines is 2. The lowest BCUT2D eigenvalue weighted by Crippen LogP contribution is -2.48. The molecule has 1 unspecified atom stereocenters. The number of fused-ring (bicyclic) bond motifs is 3. The van der Waals surface area contributed by atoms with E-state index in [1.165, 1.54) is 0 Å². The Balaban J connectivity index is 1.48. The SMILES string of the molecule is CCCCN(CC(=O)N1c2ccccc2-n2cccc2C1c1ccccc1)C(=O)Nc1ccc(Br)cc1. The van der Waals surface area contributed by atoms with Crippen LogP contribution in [0.5, 0.6) is 0 Å². The number of para-hydroxylation sites is 2. The van der Waals surface area contributed by atoms with Gasteiger partial charge in [0.05, 0.1) is 17.1 Å². The molecule has 3 aromatic carbocycles. The molecular weight excluding hydrogens is 528 g/mol. The Morgan fingerprint density at radius 1 is 0.892 bits per heavy atom. The average molecular weight is 557 g/mol.